The van der Waals surface area contributed by atoms with Gasteiger partial charge in [-0.05, 0) is 18.9 Å². The molecule has 1 N–H and O–H groups in total. The summed E-state index contributed by atoms with van der Waals surface area (Å²) in [4.78, 5) is 11.8. The van der Waals surface area contributed by atoms with Crippen molar-refractivity contribution in [3.63, 3.8) is 0 Å². The molecule has 3 aromatic rings. The number of hydrogen-bond acceptors (Lipinski definition) is 4. The number of piperidine rings is 1. The second kappa shape index (κ2) is 5.97. The smallest absolute Gasteiger partial charge is 0.226 e. The molecule has 1 aliphatic rings. The van der Waals surface area contributed by atoms with E-state index in [4.69, 9.17) is 9.97 Å². The average Bonchev–Trinajstić information content (AvgIpc) is 2.62. The van der Waals surface area contributed by atoms with Gasteiger partial charge >= 0.3 is 0 Å². The molecule has 0 aliphatic carbocycles. The van der Waals surface area contributed by atoms with Gasteiger partial charge in [-0.15, -0.1) is 0 Å². The highest BCUT2D eigenvalue weighted by atomic mass is 16.3. The van der Waals surface area contributed by atoms with Crippen molar-refractivity contribution in [3.05, 3.63) is 54.6 Å². The highest BCUT2D eigenvalue weighted by molar-refractivity contribution is 5.93. The van der Waals surface area contributed by atoms with Gasteiger partial charge in [0.25, 0.3) is 0 Å². The maximum Gasteiger partial charge on any atom is 0.226 e. The Labute approximate surface area is 135 Å². The number of nitrogens with zero attached hydrogens (tertiary/aromatic N) is 3. The third kappa shape index (κ3) is 2.78. The van der Waals surface area contributed by atoms with E-state index >= 15 is 0 Å². The summed E-state index contributed by atoms with van der Waals surface area (Å²) in [6.07, 6.45) is 1.36. The Hall–Kier alpha value is -2.46. The normalized spacial score (nSPS) is 16.0. The lowest BCUT2D eigenvalue weighted by Crippen LogP contribution is -2.36. The molecule has 2 heterocycles. The van der Waals surface area contributed by atoms with Crippen LogP contribution in [-0.4, -0.2) is 34.3 Å². The summed E-state index contributed by atoms with van der Waals surface area (Å²) < 4.78 is 0. The van der Waals surface area contributed by atoms with Gasteiger partial charge in [-0.1, -0.05) is 48.5 Å². The maximum absolute atomic E-state index is 9.71. The first kappa shape index (κ1) is 14.2. The van der Waals surface area contributed by atoms with Crippen LogP contribution < -0.4 is 4.90 Å². The number of para-hydroxylation sites is 1. The van der Waals surface area contributed by atoms with Crippen molar-refractivity contribution in [2.24, 2.45) is 0 Å². The standard InChI is InChI=1S/C19H19N3O/c23-15-10-12-22(13-11-15)19-20-17-9-5-4-8-16(17)18(21-19)14-6-2-1-3-7-14/h1-9,15,23H,10-13H2. The fourth-order valence-corrected chi connectivity index (χ4v) is 3.09. The summed E-state index contributed by atoms with van der Waals surface area (Å²) in [5, 5.41) is 10.8. The topological polar surface area (TPSA) is 49.2 Å². The molecule has 4 heteroatoms. The van der Waals surface area contributed by atoms with E-state index in [1.165, 1.54) is 0 Å². The van der Waals surface area contributed by atoms with Crippen LogP contribution >= 0.6 is 0 Å². The highest BCUT2D eigenvalue weighted by Gasteiger charge is 2.20. The molecule has 116 valence electrons. The lowest BCUT2D eigenvalue weighted by molar-refractivity contribution is 0.145. The van der Waals surface area contributed by atoms with Crippen molar-refractivity contribution >= 4 is 16.9 Å². The summed E-state index contributed by atoms with van der Waals surface area (Å²) in [5.41, 5.74) is 3.03. The van der Waals surface area contributed by atoms with Crippen LogP contribution in [0.3, 0.4) is 0 Å². The third-order valence-corrected chi connectivity index (χ3v) is 4.39. The second-order valence-electron chi connectivity index (χ2n) is 5.97. The van der Waals surface area contributed by atoms with Crippen molar-refractivity contribution in [1.29, 1.82) is 0 Å². The van der Waals surface area contributed by atoms with Crippen molar-refractivity contribution in [1.82, 2.24) is 9.97 Å². The Morgan fingerprint density at radius 1 is 0.870 bits per heavy atom. The van der Waals surface area contributed by atoms with E-state index < -0.39 is 0 Å². The molecule has 0 atom stereocenters. The molecule has 0 radical (unpaired) electrons. The largest absolute Gasteiger partial charge is 0.393 e. The molecule has 1 aliphatic heterocycles. The first-order valence-corrected chi connectivity index (χ1v) is 8.06. The van der Waals surface area contributed by atoms with Gasteiger partial charge in [-0.2, -0.15) is 0 Å². The Morgan fingerprint density at radius 3 is 2.35 bits per heavy atom. The summed E-state index contributed by atoms with van der Waals surface area (Å²) in [6, 6.07) is 18.4. The van der Waals surface area contributed by atoms with Crippen LogP contribution in [0, 0.1) is 0 Å². The van der Waals surface area contributed by atoms with Crippen LogP contribution in [0.2, 0.25) is 0 Å². The molecule has 1 aromatic heterocycles. The Kier molecular flexibility index (Phi) is 3.67. The van der Waals surface area contributed by atoms with Crippen molar-refractivity contribution in [2.45, 2.75) is 18.9 Å². The predicted octanol–water partition coefficient (Wildman–Crippen LogP) is 3.26. The minimum atomic E-state index is -0.194. The van der Waals surface area contributed by atoms with Crippen molar-refractivity contribution < 1.29 is 5.11 Å². The number of aliphatic hydroxyl groups excluding tert-OH is 1. The number of rotatable bonds is 2. The SMILES string of the molecule is OC1CCN(c2nc(-c3ccccc3)c3ccccc3n2)CC1. The number of benzene rings is 2. The fourth-order valence-electron chi connectivity index (χ4n) is 3.09. The van der Waals surface area contributed by atoms with E-state index in [1.807, 2.05) is 36.4 Å². The molecule has 0 unspecified atom stereocenters. The lowest BCUT2D eigenvalue weighted by atomic mass is 10.1. The molecule has 23 heavy (non-hydrogen) atoms. The summed E-state index contributed by atoms with van der Waals surface area (Å²) in [7, 11) is 0. The zero-order chi connectivity index (χ0) is 15.6. The molecule has 0 bridgehead atoms. The number of aliphatic hydroxyl groups is 1. The molecule has 0 saturated carbocycles. The van der Waals surface area contributed by atoms with E-state index in [0.29, 0.717) is 0 Å². The minimum absolute atomic E-state index is 0.194. The molecule has 0 amide bonds. The summed E-state index contributed by atoms with van der Waals surface area (Å²) in [6.45, 7) is 1.60. The zero-order valence-corrected chi connectivity index (χ0v) is 12.9. The van der Waals surface area contributed by atoms with Gasteiger partial charge in [0.05, 0.1) is 17.3 Å². The highest BCUT2D eigenvalue weighted by Crippen LogP contribution is 2.28. The van der Waals surface area contributed by atoms with Crippen LogP contribution in [0.25, 0.3) is 22.2 Å². The first-order chi connectivity index (χ1) is 11.3. The predicted molar refractivity (Wildman–Crippen MR) is 92.4 cm³/mol. The van der Waals surface area contributed by atoms with Crippen LogP contribution in [0.15, 0.2) is 54.6 Å². The quantitative estimate of drug-likeness (QED) is 0.789. The van der Waals surface area contributed by atoms with E-state index in [-0.39, 0.29) is 6.10 Å². The third-order valence-electron chi connectivity index (χ3n) is 4.39. The Balaban J connectivity index is 1.84. The van der Waals surface area contributed by atoms with E-state index in [1.54, 1.807) is 0 Å². The van der Waals surface area contributed by atoms with Crippen LogP contribution in [0.5, 0.6) is 0 Å². The monoisotopic (exact) mass is 305 g/mol. The molecular formula is C19H19N3O. The fraction of sp³-hybridized carbons (Fsp3) is 0.263. The van der Waals surface area contributed by atoms with E-state index in [9.17, 15) is 5.11 Å². The lowest BCUT2D eigenvalue weighted by Gasteiger charge is -2.30. The Bertz CT molecular complexity index is 811. The molecular weight excluding hydrogens is 286 g/mol. The number of fused-ring (bicyclic) bond motifs is 1. The molecule has 2 aromatic carbocycles. The van der Waals surface area contributed by atoms with Crippen LogP contribution in [0.1, 0.15) is 12.8 Å². The molecule has 1 saturated heterocycles. The van der Waals surface area contributed by atoms with Gasteiger partial charge in [0.1, 0.15) is 0 Å². The first-order valence-electron chi connectivity index (χ1n) is 8.06. The number of hydrogen-bond donors (Lipinski definition) is 1. The van der Waals surface area contributed by atoms with Crippen molar-refractivity contribution in [3.8, 4) is 11.3 Å². The summed E-state index contributed by atoms with van der Waals surface area (Å²) in [5.74, 6) is 0.759. The Morgan fingerprint density at radius 2 is 1.57 bits per heavy atom. The van der Waals surface area contributed by atoms with E-state index in [2.05, 4.69) is 23.1 Å². The van der Waals surface area contributed by atoms with Crippen LogP contribution in [-0.2, 0) is 0 Å². The molecule has 4 nitrogen and oxygen atoms in total. The molecule has 1 fully saturated rings. The molecule has 0 spiro atoms. The van der Waals surface area contributed by atoms with Crippen molar-refractivity contribution in [2.75, 3.05) is 18.0 Å². The van der Waals surface area contributed by atoms with Gasteiger partial charge in [0.15, 0.2) is 0 Å². The van der Waals surface area contributed by atoms with Crippen LogP contribution in [0.4, 0.5) is 5.95 Å². The summed E-state index contributed by atoms with van der Waals surface area (Å²) >= 11 is 0. The maximum atomic E-state index is 9.71. The number of aromatic nitrogens is 2. The zero-order valence-electron chi connectivity index (χ0n) is 12.9. The van der Waals surface area contributed by atoms with Gasteiger partial charge in [-0.25, -0.2) is 9.97 Å². The average molecular weight is 305 g/mol. The van der Waals surface area contributed by atoms with Gasteiger partial charge in [0, 0.05) is 24.0 Å². The number of anilines is 1. The van der Waals surface area contributed by atoms with Gasteiger partial charge in [0.2, 0.25) is 5.95 Å². The van der Waals surface area contributed by atoms with Gasteiger partial charge < -0.3 is 10.0 Å². The minimum Gasteiger partial charge on any atom is -0.393 e. The van der Waals surface area contributed by atoms with Gasteiger partial charge in [-0.3, -0.25) is 0 Å². The van der Waals surface area contributed by atoms with E-state index in [0.717, 1.165) is 54.0 Å². The molecule has 4 rings (SSSR count). The second-order valence-corrected chi connectivity index (χ2v) is 5.97.